The molecule has 0 bridgehead atoms. The molecule has 0 aliphatic rings. The van der Waals surface area contributed by atoms with Crippen molar-refractivity contribution >= 4 is 17.8 Å². The number of Topliss-reactive ketones (excluding diaryl/α,β-unsaturated/α-hetero) is 2. The zero-order valence-corrected chi connectivity index (χ0v) is 8.55. The summed E-state index contributed by atoms with van der Waals surface area (Å²) in [4.78, 5) is 25.9. The second-order valence-corrected chi connectivity index (χ2v) is 2.90. The van der Waals surface area contributed by atoms with Crippen LogP contribution in [0.3, 0.4) is 0 Å². The highest BCUT2D eigenvalue weighted by Crippen LogP contribution is 2.07. The summed E-state index contributed by atoms with van der Waals surface area (Å²) in [6, 6.07) is 0. The van der Waals surface area contributed by atoms with Gasteiger partial charge in [-0.2, -0.15) is 0 Å². The van der Waals surface area contributed by atoms with Crippen LogP contribution in [0.15, 0.2) is 16.3 Å². The highest BCUT2D eigenvalue weighted by Gasteiger charge is 2.09. The van der Waals surface area contributed by atoms with Crippen LogP contribution >= 0.6 is 0 Å². The van der Waals surface area contributed by atoms with Gasteiger partial charge in [-0.1, -0.05) is 0 Å². The summed E-state index contributed by atoms with van der Waals surface area (Å²) in [5, 5.41) is 0. The van der Waals surface area contributed by atoms with Gasteiger partial charge in [-0.05, 0) is 27.7 Å². The molecule has 0 aliphatic carbocycles. The quantitative estimate of drug-likeness (QED) is 0.378. The average Bonchev–Trinajstić information content (AvgIpc) is 2.02. The molecule has 0 radical (unpaired) electrons. The predicted octanol–water partition coefficient (Wildman–Crippen LogP) is 1.92. The highest BCUT2D eigenvalue weighted by molar-refractivity contribution is 6.06. The zero-order chi connectivity index (χ0) is 10.4. The lowest BCUT2D eigenvalue weighted by molar-refractivity contribution is -0.123. The fourth-order valence-corrected chi connectivity index (χ4v) is 0.851. The van der Waals surface area contributed by atoms with E-state index >= 15 is 0 Å². The van der Waals surface area contributed by atoms with Crippen LogP contribution in [0.1, 0.15) is 34.1 Å². The van der Waals surface area contributed by atoms with Gasteiger partial charge in [-0.25, -0.2) is 0 Å². The number of nitrogens with zero attached hydrogens (tertiary/aromatic N) is 1. The third kappa shape index (κ3) is 4.35. The first-order valence-corrected chi connectivity index (χ1v) is 4.17. The van der Waals surface area contributed by atoms with Crippen LogP contribution in [-0.4, -0.2) is 17.8 Å². The van der Waals surface area contributed by atoms with Gasteiger partial charge in [-0.15, -0.1) is 0 Å². The van der Waals surface area contributed by atoms with E-state index in [2.05, 4.69) is 4.99 Å². The monoisotopic (exact) mass is 181 g/mol. The number of aliphatic imine (C=N–C) groups is 1. The number of carbonyl (C=O) groups excluding carboxylic acids is 2. The Bertz CT molecular complexity index is 275. The summed E-state index contributed by atoms with van der Waals surface area (Å²) in [7, 11) is 0. The van der Waals surface area contributed by atoms with Crippen molar-refractivity contribution in [1.82, 2.24) is 0 Å². The first-order chi connectivity index (χ1) is 5.99. The molecule has 0 aromatic rings. The topological polar surface area (TPSA) is 46.5 Å². The number of hydrogen-bond acceptors (Lipinski definition) is 3. The van der Waals surface area contributed by atoms with Crippen molar-refractivity contribution in [3.05, 3.63) is 11.3 Å². The third-order valence-corrected chi connectivity index (χ3v) is 1.69. The first-order valence-electron chi connectivity index (χ1n) is 4.17. The SMILES string of the molecule is CC=N/C(C)=C(\C)C(=O)CC(C)=O. The van der Waals surface area contributed by atoms with Crippen LogP contribution < -0.4 is 0 Å². The first kappa shape index (κ1) is 11.8. The van der Waals surface area contributed by atoms with E-state index in [4.69, 9.17) is 0 Å². The van der Waals surface area contributed by atoms with E-state index in [-0.39, 0.29) is 18.0 Å². The Labute approximate surface area is 78.6 Å². The fourth-order valence-electron chi connectivity index (χ4n) is 0.851. The fraction of sp³-hybridized carbons (Fsp3) is 0.500. The largest absolute Gasteiger partial charge is 0.300 e. The molecule has 3 nitrogen and oxygen atoms in total. The minimum absolute atomic E-state index is 0.0254. The van der Waals surface area contributed by atoms with Crippen LogP contribution in [0, 0.1) is 0 Å². The van der Waals surface area contributed by atoms with Crippen molar-refractivity contribution < 1.29 is 9.59 Å². The molecule has 0 aliphatic heterocycles. The van der Waals surface area contributed by atoms with Gasteiger partial charge >= 0.3 is 0 Å². The van der Waals surface area contributed by atoms with Crippen LogP contribution in [0.5, 0.6) is 0 Å². The van der Waals surface area contributed by atoms with E-state index in [9.17, 15) is 9.59 Å². The van der Waals surface area contributed by atoms with Gasteiger partial charge in [0.1, 0.15) is 5.78 Å². The molecule has 0 N–H and O–H groups in total. The van der Waals surface area contributed by atoms with Crippen molar-refractivity contribution in [2.45, 2.75) is 34.1 Å². The lowest BCUT2D eigenvalue weighted by Gasteiger charge is -2.00. The maximum atomic E-state index is 11.3. The minimum Gasteiger partial charge on any atom is -0.300 e. The van der Waals surface area contributed by atoms with Gasteiger partial charge in [0.2, 0.25) is 0 Å². The molecule has 3 heteroatoms. The van der Waals surface area contributed by atoms with E-state index in [1.807, 2.05) is 0 Å². The second-order valence-electron chi connectivity index (χ2n) is 2.90. The average molecular weight is 181 g/mol. The summed E-state index contributed by atoms with van der Waals surface area (Å²) in [5.74, 6) is -0.256. The molecule has 0 fully saturated rings. The van der Waals surface area contributed by atoms with E-state index in [0.717, 1.165) is 0 Å². The lowest BCUT2D eigenvalue weighted by atomic mass is 10.1. The van der Waals surface area contributed by atoms with Crippen molar-refractivity contribution in [3.8, 4) is 0 Å². The summed E-state index contributed by atoms with van der Waals surface area (Å²) < 4.78 is 0. The normalized spacial score (nSPS) is 12.9. The smallest absolute Gasteiger partial charge is 0.167 e. The Balaban J connectivity index is 4.57. The third-order valence-electron chi connectivity index (χ3n) is 1.69. The van der Waals surface area contributed by atoms with Crippen LogP contribution in [0.4, 0.5) is 0 Å². The van der Waals surface area contributed by atoms with Gasteiger partial charge < -0.3 is 0 Å². The van der Waals surface area contributed by atoms with Gasteiger partial charge in [0.25, 0.3) is 0 Å². The van der Waals surface area contributed by atoms with Gasteiger partial charge in [0.05, 0.1) is 6.42 Å². The molecule has 0 saturated carbocycles. The zero-order valence-electron chi connectivity index (χ0n) is 8.55. The minimum atomic E-state index is -0.143. The second kappa shape index (κ2) is 5.41. The molecule has 0 rings (SSSR count). The number of allylic oxidation sites excluding steroid dienone is 2. The Morgan fingerprint density at radius 3 is 2.15 bits per heavy atom. The van der Waals surface area contributed by atoms with Crippen LogP contribution in [-0.2, 0) is 9.59 Å². The number of rotatable bonds is 4. The van der Waals surface area contributed by atoms with Gasteiger partial charge in [0, 0.05) is 17.5 Å². The van der Waals surface area contributed by atoms with Crippen molar-refractivity contribution in [2.24, 2.45) is 4.99 Å². The summed E-state index contributed by atoms with van der Waals surface area (Å²) >= 11 is 0. The maximum Gasteiger partial charge on any atom is 0.167 e. The number of hydrogen-bond donors (Lipinski definition) is 0. The van der Waals surface area contributed by atoms with E-state index in [1.165, 1.54) is 6.92 Å². The van der Waals surface area contributed by atoms with Crippen molar-refractivity contribution in [2.75, 3.05) is 0 Å². The highest BCUT2D eigenvalue weighted by atomic mass is 16.1. The molecule has 0 aromatic carbocycles. The van der Waals surface area contributed by atoms with Crippen molar-refractivity contribution in [3.63, 3.8) is 0 Å². The summed E-state index contributed by atoms with van der Waals surface area (Å²) in [5.41, 5.74) is 1.24. The molecule has 0 aromatic heterocycles. The molecule has 0 atom stereocenters. The number of ketones is 2. The Hall–Kier alpha value is -1.25. The van der Waals surface area contributed by atoms with Crippen LogP contribution in [0.2, 0.25) is 0 Å². The summed E-state index contributed by atoms with van der Waals surface area (Å²) in [6.45, 7) is 6.64. The molecular weight excluding hydrogens is 166 g/mol. The van der Waals surface area contributed by atoms with E-state index in [1.54, 1.807) is 27.0 Å². The Kier molecular flexibility index (Phi) is 4.89. The molecule has 0 saturated heterocycles. The predicted molar refractivity (Wildman–Crippen MR) is 52.8 cm³/mol. The van der Waals surface area contributed by atoms with Crippen molar-refractivity contribution in [1.29, 1.82) is 0 Å². The van der Waals surface area contributed by atoms with E-state index < -0.39 is 0 Å². The molecule has 13 heavy (non-hydrogen) atoms. The lowest BCUT2D eigenvalue weighted by Crippen LogP contribution is -2.06. The molecule has 0 spiro atoms. The standard InChI is InChI=1S/C10H15NO2/c1-5-11-9(4)8(3)10(13)6-7(2)12/h5H,6H2,1-4H3/b9-8+,11-5?. The van der Waals surface area contributed by atoms with E-state index in [0.29, 0.717) is 11.3 Å². The van der Waals surface area contributed by atoms with Crippen LogP contribution in [0.25, 0.3) is 0 Å². The maximum absolute atomic E-state index is 11.3. The van der Waals surface area contributed by atoms with Gasteiger partial charge in [-0.3, -0.25) is 14.6 Å². The molecule has 72 valence electrons. The number of carbonyl (C=O) groups is 2. The molecular formula is C10H15NO2. The summed E-state index contributed by atoms with van der Waals surface area (Å²) in [6.07, 6.45) is 1.60. The Morgan fingerprint density at radius 1 is 1.23 bits per heavy atom. The Morgan fingerprint density at radius 2 is 1.77 bits per heavy atom. The van der Waals surface area contributed by atoms with Gasteiger partial charge in [0.15, 0.2) is 5.78 Å². The molecule has 0 heterocycles. The molecule has 0 amide bonds. The molecule has 0 unspecified atom stereocenters.